The number of rotatable bonds is 4. The summed E-state index contributed by atoms with van der Waals surface area (Å²) in [5.74, 6) is -0.736. The molecule has 148 valence electrons. The van der Waals surface area contributed by atoms with Gasteiger partial charge in [0.25, 0.3) is 5.91 Å². The summed E-state index contributed by atoms with van der Waals surface area (Å²) < 4.78 is 7.75. The third-order valence-electron chi connectivity index (χ3n) is 4.74. The zero-order valence-electron chi connectivity index (χ0n) is 15.8. The molecule has 8 heteroatoms. The quantitative estimate of drug-likeness (QED) is 0.336. The highest BCUT2D eigenvalue weighted by atomic mass is 127. The van der Waals surface area contributed by atoms with Gasteiger partial charge in [0.05, 0.1) is 12.3 Å². The number of nitrogens with two attached hydrogens (primary N) is 1. The van der Waals surface area contributed by atoms with Crippen molar-refractivity contribution < 1.29 is 14.3 Å². The molecule has 2 aromatic carbocycles. The molecule has 1 aliphatic heterocycles. The van der Waals surface area contributed by atoms with Gasteiger partial charge in [-0.15, -0.1) is 0 Å². The maximum atomic E-state index is 13.5. The number of halogens is 1. The van der Waals surface area contributed by atoms with Crippen LogP contribution < -0.4 is 10.6 Å². The Balaban J connectivity index is 1.85. The predicted octanol–water partition coefficient (Wildman–Crippen LogP) is 3.44. The van der Waals surface area contributed by atoms with Gasteiger partial charge in [-0.1, -0.05) is 6.07 Å². The molecule has 3 aromatic rings. The number of nitrogen functional groups attached to an aromatic ring is 1. The predicted molar refractivity (Wildman–Crippen MR) is 118 cm³/mol. The number of benzene rings is 2. The Hall–Kier alpha value is -2.88. The molecule has 0 unspecified atom stereocenters. The van der Waals surface area contributed by atoms with Gasteiger partial charge in [0, 0.05) is 27.1 Å². The molecule has 1 aliphatic rings. The minimum absolute atomic E-state index is 0.180. The lowest BCUT2D eigenvalue weighted by molar-refractivity contribution is 0.0517. The van der Waals surface area contributed by atoms with Crippen molar-refractivity contribution in [1.82, 2.24) is 9.78 Å². The molecule has 0 saturated carbocycles. The maximum absolute atomic E-state index is 13.5. The number of carbonyl (C=O) groups is 2. The largest absolute Gasteiger partial charge is 0.461 e. The summed E-state index contributed by atoms with van der Waals surface area (Å²) in [6.45, 7) is 2.44. The van der Waals surface area contributed by atoms with Crippen LogP contribution in [-0.4, -0.2) is 34.8 Å². The summed E-state index contributed by atoms with van der Waals surface area (Å²) in [6.07, 6.45) is 0.503. The van der Waals surface area contributed by atoms with Gasteiger partial charge in [-0.2, -0.15) is 5.10 Å². The molecule has 29 heavy (non-hydrogen) atoms. The molecule has 7 nitrogen and oxygen atoms in total. The highest BCUT2D eigenvalue weighted by Gasteiger charge is 2.35. The number of nitrogens with zero attached hydrogens (tertiary/aromatic N) is 3. The highest BCUT2D eigenvalue weighted by molar-refractivity contribution is 14.1. The van der Waals surface area contributed by atoms with Crippen LogP contribution in [0, 0.1) is 3.57 Å². The van der Waals surface area contributed by atoms with Gasteiger partial charge in [-0.25, -0.2) is 9.48 Å². The van der Waals surface area contributed by atoms with E-state index < -0.39 is 5.97 Å². The van der Waals surface area contributed by atoms with Crippen LogP contribution in [0.4, 0.5) is 11.4 Å². The highest BCUT2D eigenvalue weighted by Crippen LogP contribution is 2.29. The second-order valence-electron chi connectivity index (χ2n) is 6.59. The van der Waals surface area contributed by atoms with Gasteiger partial charge < -0.3 is 15.4 Å². The Morgan fingerprint density at radius 2 is 1.97 bits per heavy atom. The molecule has 0 atom stereocenters. The summed E-state index contributed by atoms with van der Waals surface area (Å²) in [5, 5.41) is 4.45. The van der Waals surface area contributed by atoms with Crippen molar-refractivity contribution in [2.75, 3.05) is 23.8 Å². The fourth-order valence-electron chi connectivity index (χ4n) is 3.43. The Morgan fingerprint density at radius 1 is 1.21 bits per heavy atom. The monoisotopic (exact) mass is 502 g/mol. The summed E-state index contributed by atoms with van der Waals surface area (Å²) in [5.41, 5.74) is 9.05. The van der Waals surface area contributed by atoms with Crippen molar-refractivity contribution in [2.24, 2.45) is 0 Å². The van der Waals surface area contributed by atoms with E-state index in [1.54, 1.807) is 36.1 Å². The number of anilines is 2. The lowest BCUT2D eigenvalue weighted by Gasteiger charge is -2.27. The number of carbonyl (C=O) groups excluding carboxylic acids is 2. The zero-order valence-corrected chi connectivity index (χ0v) is 17.9. The van der Waals surface area contributed by atoms with Crippen molar-refractivity contribution in [2.45, 2.75) is 13.3 Å². The van der Waals surface area contributed by atoms with Gasteiger partial charge in [-0.3, -0.25) is 4.79 Å². The molecule has 0 spiro atoms. The molecule has 0 aliphatic carbocycles. The molecular formula is C21H19IN4O3. The molecule has 0 radical (unpaired) electrons. The third kappa shape index (κ3) is 3.59. The lowest BCUT2D eigenvalue weighted by Crippen LogP contribution is -2.39. The van der Waals surface area contributed by atoms with Crippen LogP contribution in [-0.2, 0) is 11.2 Å². The molecule has 0 bridgehead atoms. The summed E-state index contributed by atoms with van der Waals surface area (Å²) in [7, 11) is 0. The first-order chi connectivity index (χ1) is 14.0. The van der Waals surface area contributed by atoms with Crippen molar-refractivity contribution in [3.05, 3.63) is 69.1 Å². The normalized spacial score (nSPS) is 13.3. The van der Waals surface area contributed by atoms with Crippen LogP contribution in [0.3, 0.4) is 0 Å². The van der Waals surface area contributed by atoms with Crippen molar-refractivity contribution in [3.63, 3.8) is 0 Å². The van der Waals surface area contributed by atoms with Crippen LogP contribution >= 0.6 is 22.6 Å². The summed E-state index contributed by atoms with van der Waals surface area (Å²) in [4.78, 5) is 27.6. The van der Waals surface area contributed by atoms with Gasteiger partial charge in [-0.05, 0) is 78.4 Å². The Bertz CT molecular complexity index is 1090. The molecule has 2 N–H and O–H groups in total. The topological polar surface area (TPSA) is 90.4 Å². The van der Waals surface area contributed by atoms with Crippen LogP contribution in [0.2, 0.25) is 0 Å². The molecule has 2 heterocycles. The van der Waals surface area contributed by atoms with E-state index in [2.05, 4.69) is 27.7 Å². The maximum Gasteiger partial charge on any atom is 0.359 e. The second-order valence-corrected chi connectivity index (χ2v) is 7.83. The van der Waals surface area contributed by atoms with E-state index in [4.69, 9.17) is 10.5 Å². The van der Waals surface area contributed by atoms with Gasteiger partial charge in [0.2, 0.25) is 0 Å². The van der Waals surface area contributed by atoms with Crippen molar-refractivity contribution >= 4 is 45.8 Å². The average molecular weight is 502 g/mol. The Morgan fingerprint density at radius 3 is 2.66 bits per heavy atom. The first-order valence-electron chi connectivity index (χ1n) is 9.22. The lowest BCUT2D eigenvalue weighted by atomic mass is 10.0. The first-order valence-corrected chi connectivity index (χ1v) is 10.3. The minimum atomic E-state index is -0.526. The van der Waals surface area contributed by atoms with Crippen LogP contribution in [0.1, 0.15) is 33.5 Å². The zero-order chi connectivity index (χ0) is 20.5. The minimum Gasteiger partial charge on any atom is -0.461 e. The Kier molecular flexibility index (Phi) is 5.27. The van der Waals surface area contributed by atoms with Gasteiger partial charge in [0.1, 0.15) is 5.69 Å². The van der Waals surface area contributed by atoms with Crippen LogP contribution in [0.25, 0.3) is 5.69 Å². The number of amides is 1. The molecular weight excluding hydrogens is 483 g/mol. The molecule has 1 aromatic heterocycles. The van der Waals surface area contributed by atoms with Gasteiger partial charge in [0.15, 0.2) is 5.69 Å². The fourth-order valence-corrected chi connectivity index (χ4v) is 3.79. The smallest absolute Gasteiger partial charge is 0.359 e. The summed E-state index contributed by atoms with van der Waals surface area (Å²) >= 11 is 2.23. The number of hydrogen-bond donors (Lipinski definition) is 1. The van der Waals surface area contributed by atoms with E-state index in [0.717, 1.165) is 9.26 Å². The SMILES string of the molecule is CCOC(=O)c1nn(-c2cccc(N)c2)c2c1CCN(c1ccc(I)cc1)C2=O. The molecule has 1 amide bonds. The van der Waals surface area contributed by atoms with E-state index in [1.807, 2.05) is 24.3 Å². The molecule has 0 fully saturated rings. The second kappa shape index (κ2) is 7.86. The number of aromatic nitrogens is 2. The Labute approximate surface area is 181 Å². The number of ether oxygens (including phenoxy) is 1. The van der Waals surface area contributed by atoms with Gasteiger partial charge >= 0.3 is 5.97 Å². The number of fused-ring (bicyclic) bond motifs is 1. The standard InChI is InChI=1S/C21H19IN4O3/c1-2-29-21(28)18-17-10-11-25(15-8-6-13(22)7-9-15)20(27)19(17)26(24-18)16-5-3-4-14(23)12-16/h3-9,12H,2,10-11,23H2,1H3. The first kappa shape index (κ1) is 19.4. The average Bonchev–Trinajstić information content (AvgIpc) is 3.10. The summed E-state index contributed by atoms with van der Waals surface area (Å²) in [6, 6.07) is 14.8. The van der Waals surface area contributed by atoms with Crippen LogP contribution in [0.15, 0.2) is 48.5 Å². The fraction of sp³-hybridized carbons (Fsp3) is 0.190. The van der Waals surface area contributed by atoms with Crippen LogP contribution in [0.5, 0.6) is 0 Å². The van der Waals surface area contributed by atoms with Crippen molar-refractivity contribution in [3.8, 4) is 5.69 Å². The molecule has 0 saturated heterocycles. The third-order valence-corrected chi connectivity index (χ3v) is 5.46. The van der Waals surface area contributed by atoms with E-state index >= 15 is 0 Å². The van der Waals surface area contributed by atoms with E-state index in [-0.39, 0.29) is 18.2 Å². The van der Waals surface area contributed by atoms with E-state index in [9.17, 15) is 9.59 Å². The number of esters is 1. The van der Waals surface area contributed by atoms with Crippen molar-refractivity contribution in [1.29, 1.82) is 0 Å². The van der Waals surface area contributed by atoms with E-state index in [0.29, 0.717) is 35.6 Å². The molecule has 4 rings (SSSR count). The van der Waals surface area contributed by atoms with E-state index in [1.165, 1.54) is 4.68 Å². The number of hydrogen-bond acceptors (Lipinski definition) is 5.